The summed E-state index contributed by atoms with van der Waals surface area (Å²) in [6, 6.07) is 6.60. The average Bonchev–Trinajstić information content (AvgIpc) is 2.96. The van der Waals surface area contributed by atoms with Crippen molar-refractivity contribution in [2.75, 3.05) is 17.3 Å². The molecule has 1 amide bonds. The largest absolute Gasteiger partial charge is 0.389 e. The Morgan fingerprint density at radius 1 is 1.06 bits per heavy atom. The number of hydrogen-bond donors (Lipinski definition) is 2. The second-order valence-electron chi connectivity index (χ2n) is 9.71. The maximum absolute atomic E-state index is 13.6. The number of amides is 1. The van der Waals surface area contributed by atoms with Crippen LogP contribution in [0.3, 0.4) is 0 Å². The number of carbonyl (C=O) groups excluding carboxylic acids is 1. The molecule has 0 aromatic heterocycles. The van der Waals surface area contributed by atoms with E-state index in [1.165, 1.54) is 18.2 Å². The molecule has 0 aliphatic heterocycles. The topological polar surface area (TPSA) is 118 Å². The molecule has 0 heterocycles. The summed E-state index contributed by atoms with van der Waals surface area (Å²) in [4.78, 5) is 12.5. The van der Waals surface area contributed by atoms with Crippen molar-refractivity contribution in [1.82, 2.24) is 0 Å². The zero-order valence-corrected chi connectivity index (χ0v) is 21.8. The van der Waals surface area contributed by atoms with Crippen molar-refractivity contribution in [2.24, 2.45) is 11.8 Å². The van der Waals surface area contributed by atoms with E-state index in [1.807, 2.05) is 0 Å². The molecule has 7 nitrogen and oxygen atoms in total. The van der Waals surface area contributed by atoms with Gasteiger partial charge in [0.15, 0.2) is 21.5 Å². The number of fused-ring (bicyclic) bond motifs is 2. The first-order valence-corrected chi connectivity index (χ1v) is 15.4. The Balaban J connectivity index is 1.56. The summed E-state index contributed by atoms with van der Waals surface area (Å²) < 4.78 is 77.1. The Morgan fingerprint density at radius 2 is 1.69 bits per heavy atom. The molecule has 0 radical (unpaired) electrons. The van der Waals surface area contributed by atoms with E-state index in [0.29, 0.717) is 12.8 Å². The molecule has 2 saturated carbocycles. The number of carbonyl (C=O) groups is 1. The molecule has 196 valence electrons. The Bertz CT molecular complexity index is 1400. The number of hydrogen-bond acceptors (Lipinski definition) is 6. The molecule has 0 spiro atoms. The molecule has 2 fully saturated rings. The molecule has 2 N–H and O–H groups in total. The van der Waals surface area contributed by atoms with Crippen molar-refractivity contribution >= 4 is 42.9 Å². The Labute approximate surface area is 213 Å². The fourth-order valence-electron chi connectivity index (χ4n) is 5.44. The predicted octanol–water partition coefficient (Wildman–Crippen LogP) is 4.00. The zero-order valence-electron chi connectivity index (χ0n) is 19.4. The van der Waals surface area contributed by atoms with Gasteiger partial charge in [0.2, 0.25) is 0 Å². The number of halogens is 3. The molecule has 2 aromatic rings. The fraction of sp³-hybridized carbons (Fsp3) is 0.458. The van der Waals surface area contributed by atoms with Crippen LogP contribution in [0.1, 0.15) is 42.5 Å². The monoisotopic (exact) mass is 561 g/mol. The van der Waals surface area contributed by atoms with E-state index in [-0.39, 0.29) is 58.0 Å². The molecule has 2 aliphatic rings. The van der Waals surface area contributed by atoms with Crippen LogP contribution in [-0.2, 0) is 19.7 Å². The lowest BCUT2D eigenvalue weighted by Crippen LogP contribution is -2.49. The van der Waals surface area contributed by atoms with Gasteiger partial charge in [-0.25, -0.2) is 25.6 Å². The smallest absolute Gasteiger partial charge is 0.255 e. The van der Waals surface area contributed by atoms with Crippen LogP contribution >= 0.6 is 11.6 Å². The van der Waals surface area contributed by atoms with Crippen molar-refractivity contribution < 1.29 is 35.5 Å². The van der Waals surface area contributed by atoms with Gasteiger partial charge >= 0.3 is 0 Å². The number of nitrogens with one attached hydrogen (secondary N) is 1. The van der Waals surface area contributed by atoms with Crippen LogP contribution in [0.5, 0.6) is 0 Å². The molecule has 2 atom stereocenters. The third-order valence-corrected chi connectivity index (χ3v) is 11.0. The minimum atomic E-state index is -4.00. The highest BCUT2D eigenvalue weighted by Gasteiger charge is 2.55. The van der Waals surface area contributed by atoms with Crippen LogP contribution in [0.15, 0.2) is 41.3 Å². The molecular formula is C24H26ClF2NO6S2. The Morgan fingerprint density at radius 3 is 2.28 bits per heavy atom. The summed E-state index contributed by atoms with van der Waals surface area (Å²) in [5, 5.41) is 12.7. The van der Waals surface area contributed by atoms with E-state index < -0.39 is 48.1 Å². The lowest BCUT2D eigenvalue weighted by molar-refractivity contribution is -0.0603. The third-order valence-electron chi connectivity index (χ3n) is 7.36. The van der Waals surface area contributed by atoms with Crippen LogP contribution in [0.2, 0.25) is 5.02 Å². The van der Waals surface area contributed by atoms with Gasteiger partial charge in [-0.05, 0) is 74.3 Å². The summed E-state index contributed by atoms with van der Waals surface area (Å²) in [5.74, 6) is -3.84. The van der Waals surface area contributed by atoms with Crippen LogP contribution in [0, 0.1) is 23.5 Å². The number of rotatable bonds is 7. The fourth-order valence-corrected chi connectivity index (χ4v) is 8.54. The van der Waals surface area contributed by atoms with Crippen LogP contribution in [0.4, 0.5) is 14.5 Å². The van der Waals surface area contributed by atoms with Crippen molar-refractivity contribution in [3.8, 4) is 0 Å². The van der Waals surface area contributed by atoms with E-state index in [2.05, 4.69) is 5.32 Å². The maximum atomic E-state index is 13.6. The summed E-state index contributed by atoms with van der Waals surface area (Å²) in [7, 11) is -7.29. The molecule has 36 heavy (non-hydrogen) atoms. The third kappa shape index (κ3) is 5.29. The molecule has 4 rings (SSSR count). The van der Waals surface area contributed by atoms with Gasteiger partial charge in [-0.2, -0.15) is 0 Å². The Kier molecular flexibility index (Phi) is 7.24. The molecule has 2 bridgehead atoms. The number of sulfone groups is 2. The number of anilines is 1. The minimum absolute atomic E-state index is 0.00417. The Hall–Kier alpha value is -2.08. The quantitative estimate of drug-likeness (QED) is 0.528. The van der Waals surface area contributed by atoms with Crippen molar-refractivity contribution in [3.05, 3.63) is 58.6 Å². The summed E-state index contributed by atoms with van der Waals surface area (Å²) >= 11 is 6.23. The average molecular weight is 562 g/mol. The minimum Gasteiger partial charge on any atom is -0.389 e. The first-order valence-electron chi connectivity index (χ1n) is 11.4. The highest BCUT2D eigenvalue weighted by Crippen LogP contribution is 2.53. The molecule has 2 unspecified atom stereocenters. The van der Waals surface area contributed by atoms with E-state index in [1.54, 1.807) is 0 Å². The van der Waals surface area contributed by atoms with E-state index in [0.717, 1.165) is 24.5 Å². The van der Waals surface area contributed by atoms with Gasteiger partial charge in [0.05, 0.1) is 26.5 Å². The predicted molar refractivity (Wildman–Crippen MR) is 131 cm³/mol. The second-order valence-corrected chi connectivity index (χ2v) is 14.6. The van der Waals surface area contributed by atoms with Crippen molar-refractivity contribution in [3.63, 3.8) is 0 Å². The first kappa shape index (κ1) is 27.0. The lowest BCUT2D eigenvalue weighted by Gasteiger charge is -2.42. The second kappa shape index (κ2) is 9.66. The van der Waals surface area contributed by atoms with Crippen molar-refractivity contribution in [2.45, 2.75) is 47.9 Å². The summed E-state index contributed by atoms with van der Waals surface area (Å²) in [6.07, 6.45) is 2.67. The van der Waals surface area contributed by atoms with Gasteiger partial charge in [-0.3, -0.25) is 4.79 Å². The number of aliphatic hydroxyl groups is 1. The molecule has 0 saturated heterocycles. The highest BCUT2D eigenvalue weighted by atomic mass is 35.5. The van der Waals surface area contributed by atoms with Crippen LogP contribution in [-0.4, -0.2) is 50.7 Å². The van der Waals surface area contributed by atoms with E-state index in [4.69, 9.17) is 11.6 Å². The zero-order chi connectivity index (χ0) is 26.5. The van der Waals surface area contributed by atoms with Gasteiger partial charge in [0, 0.05) is 23.6 Å². The number of benzene rings is 2. The first-order chi connectivity index (χ1) is 16.7. The molecule has 12 heteroatoms. The molecular weight excluding hydrogens is 536 g/mol. The SMILES string of the molecule is CS(=O)(=O)CCC1(O)C2CCC1CC(S(=O)(=O)c1cc(C(=O)Nc3ccc(F)c(F)c3)ccc1Cl)C2. The van der Waals surface area contributed by atoms with Gasteiger partial charge < -0.3 is 10.4 Å². The highest BCUT2D eigenvalue weighted by molar-refractivity contribution is 7.92. The lowest BCUT2D eigenvalue weighted by atomic mass is 9.73. The van der Waals surface area contributed by atoms with Gasteiger partial charge in [-0.1, -0.05) is 11.6 Å². The normalized spacial score (nSPS) is 26.1. The summed E-state index contributed by atoms with van der Waals surface area (Å²) in [6.45, 7) is 0. The van der Waals surface area contributed by atoms with Crippen LogP contribution in [0.25, 0.3) is 0 Å². The van der Waals surface area contributed by atoms with Gasteiger partial charge in [0.25, 0.3) is 5.91 Å². The van der Waals surface area contributed by atoms with Gasteiger partial charge in [0.1, 0.15) is 9.84 Å². The standard InChI is InChI=1S/C24H26ClF2NO6S2/c1-35(31,32)9-8-24(30)15-3-4-16(24)12-18(11-15)36(33,34)22-10-14(2-6-19(22)25)23(29)28-17-5-7-20(26)21(27)13-17/h2,5-7,10,13,15-16,18,30H,3-4,8-9,11-12H2,1H3,(H,28,29). The molecule has 2 aliphatic carbocycles. The molecule has 2 aromatic carbocycles. The maximum Gasteiger partial charge on any atom is 0.255 e. The summed E-state index contributed by atoms with van der Waals surface area (Å²) in [5.41, 5.74) is -1.27. The van der Waals surface area contributed by atoms with Gasteiger partial charge in [-0.15, -0.1) is 0 Å². The van der Waals surface area contributed by atoms with E-state index in [9.17, 15) is 35.5 Å². The van der Waals surface area contributed by atoms with E-state index >= 15 is 0 Å². The van der Waals surface area contributed by atoms with Crippen molar-refractivity contribution in [1.29, 1.82) is 0 Å². The van der Waals surface area contributed by atoms with Crippen LogP contribution < -0.4 is 5.32 Å².